The van der Waals surface area contributed by atoms with Gasteiger partial charge in [0.05, 0.1) is 12.4 Å². The number of aliphatic hydroxyl groups excluding tert-OH is 1. The predicted octanol–water partition coefficient (Wildman–Crippen LogP) is 5.09. The Balaban J connectivity index is 1.53. The van der Waals surface area contributed by atoms with Crippen molar-refractivity contribution in [3.63, 3.8) is 0 Å². The highest BCUT2D eigenvalue weighted by Crippen LogP contribution is 2.28. The number of aromatic nitrogens is 2. The van der Waals surface area contributed by atoms with Gasteiger partial charge in [-0.05, 0) is 35.4 Å². The zero-order chi connectivity index (χ0) is 17.6. The monoisotopic (exact) mass is 392 g/mol. The molecule has 0 saturated heterocycles. The first kappa shape index (κ1) is 18.3. The standard InChI is InChI=1S/C19H18Cl2N2OS/c20-16-4-3-15(19(21)10-16)12-25-18-5-1-14(2-6-18)9-17(24)11-23-8-7-22-13-23/h1-8,10,13,17,24H,9,11-12H2. The predicted molar refractivity (Wildman–Crippen MR) is 104 cm³/mol. The van der Waals surface area contributed by atoms with Crippen LogP contribution >= 0.6 is 35.0 Å². The van der Waals surface area contributed by atoms with Crippen LogP contribution in [-0.4, -0.2) is 20.8 Å². The first-order valence-corrected chi connectivity index (χ1v) is 9.64. The molecule has 130 valence electrons. The minimum atomic E-state index is -0.430. The van der Waals surface area contributed by atoms with E-state index < -0.39 is 6.10 Å². The SMILES string of the molecule is OC(Cc1ccc(SCc2ccc(Cl)cc2Cl)cc1)Cn1ccnc1. The highest BCUT2D eigenvalue weighted by molar-refractivity contribution is 7.98. The Labute approximate surface area is 161 Å². The van der Waals surface area contributed by atoms with Crippen molar-refractivity contribution >= 4 is 35.0 Å². The first-order chi connectivity index (χ1) is 12.1. The Bertz CT molecular complexity index is 807. The zero-order valence-electron chi connectivity index (χ0n) is 13.5. The lowest BCUT2D eigenvalue weighted by molar-refractivity contribution is 0.154. The fraction of sp³-hybridized carbons (Fsp3) is 0.211. The summed E-state index contributed by atoms with van der Waals surface area (Å²) < 4.78 is 1.88. The molecule has 1 unspecified atom stereocenters. The van der Waals surface area contributed by atoms with Crippen molar-refractivity contribution in [3.8, 4) is 0 Å². The van der Waals surface area contributed by atoms with Crippen molar-refractivity contribution in [3.05, 3.63) is 82.4 Å². The number of nitrogens with zero attached hydrogens (tertiary/aromatic N) is 2. The Morgan fingerprint density at radius 3 is 2.60 bits per heavy atom. The van der Waals surface area contributed by atoms with Crippen LogP contribution in [0.3, 0.4) is 0 Å². The van der Waals surface area contributed by atoms with Crippen molar-refractivity contribution in [2.45, 2.75) is 29.7 Å². The summed E-state index contributed by atoms with van der Waals surface area (Å²) in [6.07, 6.45) is 5.47. The molecular weight excluding hydrogens is 375 g/mol. The van der Waals surface area contributed by atoms with E-state index in [1.54, 1.807) is 30.4 Å². The highest BCUT2D eigenvalue weighted by atomic mass is 35.5. The zero-order valence-corrected chi connectivity index (χ0v) is 15.8. The normalized spacial score (nSPS) is 12.3. The highest BCUT2D eigenvalue weighted by Gasteiger charge is 2.07. The second-order valence-electron chi connectivity index (χ2n) is 5.79. The van der Waals surface area contributed by atoms with E-state index in [0.29, 0.717) is 23.0 Å². The number of thioether (sulfide) groups is 1. The lowest BCUT2D eigenvalue weighted by Crippen LogP contribution is -2.17. The molecule has 1 aromatic heterocycles. The van der Waals surface area contributed by atoms with E-state index in [9.17, 15) is 5.11 Å². The third kappa shape index (κ3) is 5.51. The molecule has 0 amide bonds. The maximum Gasteiger partial charge on any atom is 0.0946 e. The quantitative estimate of drug-likeness (QED) is 0.569. The molecule has 25 heavy (non-hydrogen) atoms. The van der Waals surface area contributed by atoms with Gasteiger partial charge in [0.2, 0.25) is 0 Å². The van der Waals surface area contributed by atoms with Crippen LogP contribution in [0.1, 0.15) is 11.1 Å². The van der Waals surface area contributed by atoms with Crippen molar-refractivity contribution in [2.24, 2.45) is 0 Å². The van der Waals surface area contributed by atoms with E-state index in [1.165, 1.54) is 4.90 Å². The average Bonchev–Trinajstić information content (AvgIpc) is 3.08. The van der Waals surface area contributed by atoms with Gasteiger partial charge in [0, 0.05) is 46.1 Å². The second-order valence-corrected chi connectivity index (χ2v) is 7.68. The van der Waals surface area contributed by atoms with Gasteiger partial charge in [-0.3, -0.25) is 0 Å². The molecule has 1 atom stereocenters. The molecule has 3 rings (SSSR count). The molecule has 0 radical (unpaired) electrons. The fourth-order valence-electron chi connectivity index (χ4n) is 2.50. The maximum atomic E-state index is 10.2. The Kier molecular flexibility index (Phi) is 6.43. The van der Waals surface area contributed by atoms with Gasteiger partial charge in [-0.2, -0.15) is 0 Å². The Morgan fingerprint density at radius 2 is 1.92 bits per heavy atom. The summed E-state index contributed by atoms with van der Waals surface area (Å²) in [5.41, 5.74) is 2.18. The summed E-state index contributed by atoms with van der Waals surface area (Å²) in [5.74, 6) is 0.790. The van der Waals surface area contributed by atoms with Crippen molar-refractivity contribution in [2.75, 3.05) is 0 Å². The van der Waals surface area contributed by atoms with Crippen LogP contribution in [-0.2, 0) is 18.7 Å². The van der Waals surface area contributed by atoms with Gasteiger partial charge in [-0.15, -0.1) is 11.8 Å². The molecule has 3 aromatic rings. The van der Waals surface area contributed by atoms with E-state index in [1.807, 2.05) is 22.9 Å². The van der Waals surface area contributed by atoms with Gasteiger partial charge in [0.25, 0.3) is 0 Å². The largest absolute Gasteiger partial charge is 0.391 e. The third-order valence-electron chi connectivity index (χ3n) is 3.78. The number of rotatable bonds is 7. The van der Waals surface area contributed by atoms with Crippen LogP contribution in [0.15, 0.2) is 66.1 Å². The van der Waals surface area contributed by atoms with Gasteiger partial charge in [0.1, 0.15) is 0 Å². The molecule has 0 aliphatic carbocycles. The molecule has 1 N–H and O–H groups in total. The third-order valence-corrected chi connectivity index (χ3v) is 5.43. The maximum absolute atomic E-state index is 10.2. The van der Waals surface area contributed by atoms with Crippen molar-refractivity contribution in [1.29, 1.82) is 0 Å². The summed E-state index contributed by atoms with van der Waals surface area (Å²) in [5, 5.41) is 11.5. The van der Waals surface area contributed by atoms with E-state index in [4.69, 9.17) is 23.2 Å². The topological polar surface area (TPSA) is 38.0 Å². The number of halogens is 2. The van der Waals surface area contributed by atoms with Crippen LogP contribution in [0.4, 0.5) is 0 Å². The molecule has 0 saturated carbocycles. The lowest BCUT2D eigenvalue weighted by atomic mass is 10.1. The van der Waals surface area contributed by atoms with Gasteiger partial charge in [-0.1, -0.05) is 41.4 Å². The van der Waals surface area contributed by atoms with Crippen molar-refractivity contribution in [1.82, 2.24) is 9.55 Å². The number of hydrogen-bond donors (Lipinski definition) is 1. The summed E-state index contributed by atoms with van der Waals surface area (Å²) in [7, 11) is 0. The van der Waals surface area contributed by atoms with Crippen LogP contribution < -0.4 is 0 Å². The van der Waals surface area contributed by atoms with Crippen LogP contribution in [0, 0.1) is 0 Å². The van der Waals surface area contributed by atoms with Gasteiger partial charge in [0.15, 0.2) is 0 Å². The number of aliphatic hydroxyl groups is 1. The van der Waals surface area contributed by atoms with Crippen molar-refractivity contribution < 1.29 is 5.11 Å². The summed E-state index contributed by atoms with van der Waals surface area (Å²) in [4.78, 5) is 5.15. The molecule has 3 nitrogen and oxygen atoms in total. The van der Waals surface area contributed by atoms with Crippen LogP contribution in [0.5, 0.6) is 0 Å². The second kappa shape index (κ2) is 8.77. The summed E-state index contributed by atoms with van der Waals surface area (Å²) >= 11 is 13.8. The van der Waals surface area contributed by atoms with Crippen LogP contribution in [0.2, 0.25) is 10.0 Å². The van der Waals surface area contributed by atoms with E-state index in [2.05, 4.69) is 29.2 Å². The summed E-state index contributed by atoms with van der Waals surface area (Å²) in [6.45, 7) is 0.547. The van der Waals surface area contributed by atoms with E-state index in [-0.39, 0.29) is 0 Å². The molecule has 6 heteroatoms. The van der Waals surface area contributed by atoms with Gasteiger partial charge < -0.3 is 9.67 Å². The number of hydrogen-bond acceptors (Lipinski definition) is 3. The molecule has 0 spiro atoms. The molecule has 0 aliphatic heterocycles. The Morgan fingerprint density at radius 1 is 1.12 bits per heavy atom. The number of imidazole rings is 1. The summed E-state index contributed by atoms with van der Waals surface area (Å²) in [6, 6.07) is 13.9. The minimum absolute atomic E-state index is 0.430. The van der Waals surface area contributed by atoms with Gasteiger partial charge in [-0.25, -0.2) is 4.98 Å². The molecular formula is C19H18Cl2N2OS. The minimum Gasteiger partial charge on any atom is -0.391 e. The first-order valence-electron chi connectivity index (χ1n) is 7.89. The van der Waals surface area contributed by atoms with Crippen LogP contribution in [0.25, 0.3) is 0 Å². The van der Waals surface area contributed by atoms with E-state index in [0.717, 1.165) is 16.9 Å². The average molecular weight is 393 g/mol. The smallest absolute Gasteiger partial charge is 0.0946 e. The van der Waals surface area contributed by atoms with Gasteiger partial charge >= 0.3 is 0 Å². The molecule has 2 aromatic carbocycles. The fourth-order valence-corrected chi connectivity index (χ4v) is 3.95. The molecule has 0 bridgehead atoms. The van der Waals surface area contributed by atoms with E-state index >= 15 is 0 Å². The number of benzene rings is 2. The molecule has 0 aliphatic rings. The lowest BCUT2D eigenvalue weighted by Gasteiger charge is -2.12. The molecule has 0 fully saturated rings. The Hall–Kier alpha value is -1.46. The molecule has 1 heterocycles.